The summed E-state index contributed by atoms with van der Waals surface area (Å²) in [5, 5.41) is 3.33. The smallest absolute Gasteiger partial charge is 0.209 e. The molecule has 1 N–H and O–H groups in total. The summed E-state index contributed by atoms with van der Waals surface area (Å²) in [6.07, 6.45) is 3.46. The SMILES string of the molecule is Cl.O=CN1CC2(CCNCC2)C1. The van der Waals surface area contributed by atoms with E-state index in [-0.39, 0.29) is 12.4 Å². The molecule has 2 rings (SSSR count). The molecular formula is C8H15ClN2O. The van der Waals surface area contributed by atoms with Crippen LogP contribution in [0, 0.1) is 5.41 Å². The number of nitrogens with one attached hydrogen (secondary N) is 1. The van der Waals surface area contributed by atoms with E-state index in [1.165, 1.54) is 12.8 Å². The molecule has 0 aromatic carbocycles. The van der Waals surface area contributed by atoms with Gasteiger partial charge in [0.15, 0.2) is 0 Å². The Balaban J connectivity index is 0.000000720. The highest BCUT2D eigenvalue weighted by Gasteiger charge is 2.42. The fourth-order valence-corrected chi connectivity index (χ4v) is 2.16. The third-order valence-corrected chi connectivity index (χ3v) is 2.89. The van der Waals surface area contributed by atoms with Crippen molar-refractivity contribution < 1.29 is 4.79 Å². The number of halogens is 1. The molecule has 1 amide bonds. The van der Waals surface area contributed by atoms with Gasteiger partial charge in [-0.25, -0.2) is 0 Å². The molecule has 2 aliphatic rings. The Kier molecular flexibility index (Phi) is 2.96. The van der Waals surface area contributed by atoms with Crippen molar-refractivity contribution in [3.63, 3.8) is 0 Å². The number of amides is 1. The first kappa shape index (κ1) is 9.81. The molecule has 70 valence electrons. The maximum Gasteiger partial charge on any atom is 0.209 e. The standard InChI is InChI=1S/C8H14N2O.ClH/c11-7-10-5-8(6-10)1-3-9-4-2-8;/h7,9H,1-6H2;1H. The Bertz CT molecular complexity index is 160. The summed E-state index contributed by atoms with van der Waals surface area (Å²) in [5.74, 6) is 0. The molecule has 1 spiro atoms. The summed E-state index contributed by atoms with van der Waals surface area (Å²) in [6, 6.07) is 0. The zero-order valence-corrected chi connectivity index (χ0v) is 7.90. The summed E-state index contributed by atoms with van der Waals surface area (Å²) in [6.45, 7) is 4.26. The van der Waals surface area contributed by atoms with Gasteiger partial charge in [-0.05, 0) is 25.9 Å². The van der Waals surface area contributed by atoms with Crippen LogP contribution < -0.4 is 5.32 Å². The van der Waals surface area contributed by atoms with Gasteiger partial charge in [-0.2, -0.15) is 0 Å². The summed E-state index contributed by atoms with van der Waals surface area (Å²) in [5.41, 5.74) is 0.506. The normalized spacial score (nSPS) is 25.8. The lowest BCUT2D eigenvalue weighted by Crippen LogP contribution is -2.59. The van der Waals surface area contributed by atoms with E-state index in [2.05, 4.69) is 5.32 Å². The van der Waals surface area contributed by atoms with Crippen molar-refractivity contribution in [2.45, 2.75) is 12.8 Å². The van der Waals surface area contributed by atoms with Crippen LogP contribution in [0.4, 0.5) is 0 Å². The number of carbonyl (C=O) groups excluding carboxylic acids is 1. The number of likely N-dealkylation sites (tertiary alicyclic amines) is 1. The fourth-order valence-electron chi connectivity index (χ4n) is 2.16. The molecule has 4 heteroatoms. The van der Waals surface area contributed by atoms with Gasteiger partial charge in [-0.15, -0.1) is 12.4 Å². The first-order valence-corrected chi connectivity index (χ1v) is 4.25. The van der Waals surface area contributed by atoms with Crippen LogP contribution in [0.1, 0.15) is 12.8 Å². The molecule has 2 aliphatic heterocycles. The zero-order valence-electron chi connectivity index (χ0n) is 7.08. The molecule has 0 atom stereocenters. The van der Waals surface area contributed by atoms with E-state index in [9.17, 15) is 4.79 Å². The number of hydrogen-bond acceptors (Lipinski definition) is 2. The van der Waals surface area contributed by atoms with Gasteiger partial charge in [0.25, 0.3) is 0 Å². The number of rotatable bonds is 1. The van der Waals surface area contributed by atoms with Crippen molar-refractivity contribution in [1.82, 2.24) is 10.2 Å². The largest absolute Gasteiger partial charge is 0.344 e. The monoisotopic (exact) mass is 190 g/mol. The Morgan fingerprint density at radius 1 is 1.25 bits per heavy atom. The second-order valence-corrected chi connectivity index (χ2v) is 3.76. The Hall–Kier alpha value is -0.280. The Morgan fingerprint density at radius 3 is 2.33 bits per heavy atom. The summed E-state index contributed by atoms with van der Waals surface area (Å²) >= 11 is 0. The molecule has 0 aromatic heterocycles. The summed E-state index contributed by atoms with van der Waals surface area (Å²) in [4.78, 5) is 12.2. The molecule has 0 saturated carbocycles. The molecule has 2 heterocycles. The highest BCUT2D eigenvalue weighted by Crippen LogP contribution is 2.37. The lowest BCUT2D eigenvalue weighted by atomic mass is 9.73. The maximum absolute atomic E-state index is 10.3. The highest BCUT2D eigenvalue weighted by atomic mass is 35.5. The predicted molar refractivity (Wildman–Crippen MR) is 49.4 cm³/mol. The van der Waals surface area contributed by atoms with Crippen molar-refractivity contribution in [2.75, 3.05) is 26.2 Å². The number of hydrogen-bond donors (Lipinski definition) is 1. The van der Waals surface area contributed by atoms with Crippen LogP contribution in [0.15, 0.2) is 0 Å². The number of piperidine rings is 1. The van der Waals surface area contributed by atoms with E-state index >= 15 is 0 Å². The topological polar surface area (TPSA) is 32.3 Å². The highest BCUT2D eigenvalue weighted by molar-refractivity contribution is 5.85. The Morgan fingerprint density at radius 2 is 1.83 bits per heavy atom. The third kappa shape index (κ3) is 1.57. The van der Waals surface area contributed by atoms with Crippen LogP contribution in [0.3, 0.4) is 0 Å². The summed E-state index contributed by atoms with van der Waals surface area (Å²) in [7, 11) is 0. The van der Waals surface area contributed by atoms with Crippen LogP contribution in [-0.2, 0) is 4.79 Å². The molecule has 2 saturated heterocycles. The lowest BCUT2D eigenvalue weighted by molar-refractivity contribution is -0.131. The van der Waals surface area contributed by atoms with Gasteiger partial charge >= 0.3 is 0 Å². The van der Waals surface area contributed by atoms with Crippen LogP contribution >= 0.6 is 12.4 Å². The fraction of sp³-hybridized carbons (Fsp3) is 0.875. The van der Waals surface area contributed by atoms with Gasteiger partial charge in [0, 0.05) is 18.5 Å². The van der Waals surface area contributed by atoms with Gasteiger partial charge in [0.05, 0.1) is 0 Å². The predicted octanol–water partition coefficient (Wildman–Crippen LogP) is 0.250. The average molecular weight is 191 g/mol. The quantitative estimate of drug-likeness (QED) is 0.602. The van der Waals surface area contributed by atoms with Gasteiger partial charge in [-0.3, -0.25) is 4.79 Å². The number of carbonyl (C=O) groups is 1. The molecule has 0 radical (unpaired) electrons. The van der Waals surface area contributed by atoms with Crippen molar-refractivity contribution in [3.8, 4) is 0 Å². The van der Waals surface area contributed by atoms with E-state index in [0.717, 1.165) is 32.6 Å². The molecule has 12 heavy (non-hydrogen) atoms. The van der Waals surface area contributed by atoms with Gasteiger partial charge < -0.3 is 10.2 Å². The van der Waals surface area contributed by atoms with E-state index < -0.39 is 0 Å². The van der Waals surface area contributed by atoms with Crippen LogP contribution in [0.2, 0.25) is 0 Å². The summed E-state index contributed by atoms with van der Waals surface area (Å²) < 4.78 is 0. The van der Waals surface area contributed by atoms with Crippen molar-refractivity contribution in [1.29, 1.82) is 0 Å². The van der Waals surface area contributed by atoms with Crippen molar-refractivity contribution in [2.24, 2.45) is 5.41 Å². The van der Waals surface area contributed by atoms with Gasteiger partial charge in [0.2, 0.25) is 6.41 Å². The first-order chi connectivity index (χ1) is 5.35. The van der Waals surface area contributed by atoms with Crippen molar-refractivity contribution >= 4 is 18.8 Å². The average Bonchev–Trinajstić information content (AvgIpc) is 2.01. The minimum atomic E-state index is 0. The lowest BCUT2D eigenvalue weighted by Gasteiger charge is -2.50. The van der Waals surface area contributed by atoms with E-state index in [1.807, 2.05) is 4.90 Å². The minimum Gasteiger partial charge on any atom is -0.344 e. The molecule has 0 unspecified atom stereocenters. The zero-order chi connectivity index (χ0) is 7.73. The molecular weight excluding hydrogens is 176 g/mol. The van der Waals surface area contributed by atoms with Gasteiger partial charge in [0.1, 0.15) is 0 Å². The third-order valence-electron chi connectivity index (χ3n) is 2.89. The second-order valence-electron chi connectivity index (χ2n) is 3.76. The Labute approximate surface area is 78.9 Å². The number of nitrogens with zero attached hydrogens (tertiary/aromatic N) is 1. The van der Waals surface area contributed by atoms with E-state index in [1.54, 1.807) is 0 Å². The van der Waals surface area contributed by atoms with E-state index in [4.69, 9.17) is 0 Å². The molecule has 0 aliphatic carbocycles. The van der Waals surface area contributed by atoms with Gasteiger partial charge in [-0.1, -0.05) is 0 Å². The molecule has 3 nitrogen and oxygen atoms in total. The maximum atomic E-state index is 10.3. The van der Waals surface area contributed by atoms with Crippen LogP contribution in [0.5, 0.6) is 0 Å². The second kappa shape index (κ2) is 3.62. The first-order valence-electron chi connectivity index (χ1n) is 4.25. The van der Waals surface area contributed by atoms with Crippen molar-refractivity contribution in [3.05, 3.63) is 0 Å². The molecule has 2 fully saturated rings. The molecule has 0 aromatic rings. The minimum absolute atomic E-state index is 0. The van der Waals surface area contributed by atoms with Crippen LogP contribution in [-0.4, -0.2) is 37.5 Å². The molecule has 0 bridgehead atoms. The van der Waals surface area contributed by atoms with Crippen LogP contribution in [0.25, 0.3) is 0 Å². The van der Waals surface area contributed by atoms with E-state index in [0.29, 0.717) is 5.41 Å².